The molecule has 1 fully saturated rings. The van der Waals surface area contributed by atoms with E-state index in [2.05, 4.69) is 24.3 Å². The topological polar surface area (TPSA) is 75.4 Å². The highest BCUT2D eigenvalue weighted by molar-refractivity contribution is 5.94. The number of aromatic nitrogens is 1. The van der Waals surface area contributed by atoms with E-state index in [1.54, 1.807) is 17.9 Å². The fourth-order valence-corrected chi connectivity index (χ4v) is 2.38. The Hall–Kier alpha value is -1.85. The summed E-state index contributed by atoms with van der Waals surface area (Å²) in [6.07, 6.45) is 3.90. The second kappa shape index (κ2) is 7.42. The quantitative estimate of drug-likeness (QED) is 0.840. The van der Waals surface area contributed by atoms with E-state index >= 15 is 0 Å². The van der Waals surface area contributed by atoms with Crippen LogP contribution in [0, 0.1) is 18.8 Å². The SMILES string of the molecule is Cc1cc(NC(=O)CN(CCC(C)C)C(=O)C2CCC2)no1. The predicted molar refractivity (Wildman–Crippen MR) is 83.2 cm³/mol. The summed E-state index contributed by atoms with van der Waals surface area (Å²) >= 11 is 0. The molecule has 1 aliphatic rings. The summed E-state index contributed by atoms with van der Waals surface area (Å²) in [7, 11) is 0. The van der Waals surface area contributed by atoms with E-state index in [0.717, 1.165) is 25.7 Å². The first-order valence-corrected chi connectivity index (χ1v) is 7.97. The molecule has 1 heterocycles. The van der Waals surface area contributed by atoms with E-state index in [1.807, 2.05) is 0 Å². The summed E-state index contributed by atoms with van der Waals surface area (Å²) in [5.74, 6) is 1.51. The monoisotopic (exact) mass is 307 g/mol. The molecule has 0 atom stereocenters. The molecule has 0 aliphatic heterocycles. The minimum atomic E-state index is -0.232. The third-order valence-corrected chi connectivity index (χ3v) is 3.97. The largest absolute Gasteiger partial charge is 0.360 e. The lowest BCUT2D eigenvalue weighted by atomic mass is 9.84. The molecule has 1 aliphatic carbocycles. The predicted octanol–water partition coefficient (Wildman–Crippen LogP) is 2.60. The molecular formula is C16H25N3O3. The molecule has 1 aromatic heterocycles. The fourth-order valence-electron chi connectivity index (χ4n) is 2.38. The van der Waals surface area contributed by atoms with Crippen LogP contribution in [0.1, 0.15) is 45.3 Å². The van der Waals surface area contributed by atoms with Gasteiger partial charge in [-0.05, 0) is 32.1 Å². The number of nitrogens with one attached hydrogen (secondary N) is 1. The van der Waals surface area contributed by atoms with Gasteiger partial charge in [0.1, 0.15) is 5.76 Å². The van der Waals surface area contributed by atoms with E-state index in [0.29, 0.717) is 24.0 Å². The van der Waals surface area contributed by atoms with Crippen LogP contribution in [0.2, 0.25) is 0 Å². The lowest BCUT2D eigenvalue weighted by molar-refractivity contribution is -0.140. The molecule has 2 amide bonds. The van der Waals surface area contributed by atoms with Crippen LogP contribution in [-0.4, -0.2) is 35.0 Å². The highest BCUT2D eigenvalue weighted by Gasteiger charge is 2.30. The van der Waals surface area contributed by atoms with E-state index in [4.69, 9.17) is 4.52 Å². The van der Waals surface area contributed by atoms with Gasteiger partial charge >= 0.3 is 0 Å². The Balaban J connectivity index is 1.91. The van der Waals surface area contributed by atoms with Crippen LogP contribution in [0.5, 0.6) is 0 Å². The molecule has 1 N–H and O–H groups in total. The van der Waals surface area contributed by atoms with Gasteiger partial charge in [-0.15, -0.1) is 0 Å². The van der Waals surface area contributed by atoms with Gasteiger partial charge in [0.2, 0.25) is 11.8 Å². The van der Waals surface area contributed by atoms with Gasteiger partial charge in [-0.1, -0.05) is 25.4 Å². The molecule has 6 heteroatoms. The summed E-state index contributed by atoms with van der Waals surface area (Å²) < 4.78 is 4.92. The second-order valence-electron chi connectivity index (χ2n) is 6.44. The molecule has 2 rings (SSSR count). The Morgan fingerprint density at radius 2 is 2.18 bits per heavy atom. The second-order valence-corrected chi connectivity index (χ2v) is 6.44. The van der Waals surface area contributed by atoms with Crippen molar-refractivity contribution in [3.63, 3.8) is 0 Å². The number of aryl methyl sites for hydroxylation is 1. The Morgan fingerprint density at radius 1 is 1.45 bits per heavy atom. The molecule has 0 bridgehead atoms. The Morgan fingerprint density at radius 3 is 2.68 bits per heavy atom. The molecule has 0 radical (unpaired) electrons. The lowest BCUT2D eigenvalue weighted by Gasteiger charge is -2.31. The Labute approximate surface area is 131 Å². The molecule has 0 saturated heterocycles. The first-order valence-electron chi connectivity index (χ1n) is 7.97. The summed E-state index contributed by atoms with van der Waals surface area (Å²) in [4.78, 5) is 26.3. The number of anilines is 1. The van der Waals surface area contributed by atoms with Crippen LogP contribution in [0.4, 0.5) is 5.82 Å². The van der Waals surface area contributed by atoms with Crippen molar-refractivity contribution in [1.82, 2.24) is 10.1 Å². The summed E-state index contributed by atoms with van der Waals surface area (Å²) in [6.45, 7) is 6.69. The zero-order valence-corrected chi connectivity index (χ0v) is 13.6. The van der Waals surface area contributed by atoms with Gasteiger partial charge in [-0.3, -0.25) is 9.59 Å². The zero-order valence-electron chi connectivity index (χ0n) is 13.6. The van der Waals surface area contributed by atoms with Gasteiger partial charge in [0.05, 0.1) is 6.54 Å². The molecule has 122 valence electrons. The van der Waals surface area contributed by atoms with Crippen molar-refractivity contribution in [3.8, 4) is 0 Å². The van der Waals surface area contributed by atoms with Crippen molar-refractivity contribution >= 4 is 17.6 Å². The number of hydrogen-bond donors (Lipinski definition) is 1. The number of nitrogens with zero attached hydrogens (tertiary/aromatic N) is 2. The summed E-state index contributed by atoms with van der Waals surface area (Å²) in [6, 6.07) is 1.66. The standard InChI is InChI=1S/C16H25N3O3/c1-11(2)7-8-19(16(21)13-5-4-6-13)10-15(20)17-14-9-12(3)22-18-14/h9,11,13H,4-8,10H2,1-3H3,(H,17,18,20). The van der Waals surface area contributed by atoms with E-state index in [1.165, 1.54) is 0 Å². The van der Waals surface area contributed by atoms with Crippen LogP contribution in [0.3, 0.4) is 0 Å². The third kappa shape index (κ3) is 4.58. The van der Waals surface area contributed by atoms with Crippen LogP contribution in [-0.2, 0) is 9.59 Å². The van der Waals surface area contributed by atoms with E-state index in [9.17, 15) is 9.59 Å². The molecule has 1 aromatic rings. The van der Waals surface area contributed by atoms with Crippen LogP contribution >= 0.6 is 0 Å². The molecule has 0 aromatic carbocycles. The highest BCUT2D eigenvalue weighted by atomic mass is 16.5. The van der Waals surface area contributed by atoms with Crippen LogP contribution in [0.15, 0.2) is 10.6 Å². The minimum Gasteiger partial charge on any atom is -0.360 e. The van der Waals surface area contributed by atoms with Gasteiger partial charge in [0.25, 0.3) is 0 Å². The summed E-state index contributed by atoms with van der Waals surface area (Å²) in [5, 5.41) is 6.41. The maximum atomic E-state index is 12.4. The van der Waals surface area contributed by atoms with Gasteiger partial charge in [0, 0.05) is 18.5 Å². The summed E-state index contributed by atoms with van der Waals surface area (Å²) in [5.41, 5.74) is 0. The number of carbonyl (C=O) groups excluding carboxylic acids is 2. The van der Waals surface area contributed by atoms with Gasteiger partial charge in [-0.25, -0.2) is 0 Å². The van der Waals surface area contributed by atoms with Crippen molar-refractivity contribution in [1.29, 1.82) is 0 Å². The van der Waals surface area contributed by atoms with Crippen LogP contribution < -0.4 is 5.32 Å². The first kappa shape index (κ1) is 16.5. The fraction of sp³-hybridized carbons (Fsp3) is 0.688. The van der Waals surface area contributed by atoms with Gasteiger partial charge in [0.15, 0.2) is 5.82 Å². The number of hydrogen-bond acceptors (Lipinski definition) is 4. The smallest absolute Gasteiger partial charge is 0.245 e. The molecule has 6 nitrogen and oxygen atoms in total. The maximum absolute atomic E-state index is 12.4. The zero-order chi connectivity index (χ0) is 16.1. The lowest BCUT2D eigenvalue weighted by Crippen LogP contribution is -2.43. The average molecular weight is 307 g/mol. The third-order valence-electron chi connectivity index (χ3n) is 3.97. The highest BCUT2D eigenvalue weighted by Crippen LogP contribution is 2.28. The molecular weight excluding hydrogens is 282 g/mol. The van der Waals surface area contributed by atoms with Crippen molar-refractivity contribution in [2.24, 2.45) is 11.8 Å². The molecule has 1 saturated carbocycles. The average Bonchev–Trinajstić information content (AvgIpc) is 2.77. The van der Waals surface area contributed by atoms with Crippen molar-refractivity contribution in [2.75, 3.05) is 18.4 Å². The minimum absolute atomic E-state index is 0.0773. The van der Waals surface area contributed by atoms with Gasteiger partial charge < -0.3 is 14.7 Å². The normalized spacial score (nSPS) is 14.7. The molecule has 0 spiro atoms. The Bertz CT molecular complexity index is 520. The maximum Gasteiger partial charge on any atom is 0.245 e. The van der Waals surface area contributed by atoms with Crippen molar-refractivity contribution < 1.29 is 14.1 Å². The molecule has 0 unspecified atom stereocenters. The van der Waals surface area contributed by atoms with Crippen LogP contribution in [0.25, 0.3) is 0 Å². The number of rotatable bonds is 7. The van der Waals surface area contributed by atoms with Crippen molar-refractivity contribution in [2.45, 2.75) is 46.5 Å². The van der Waals surface area contributed by atoms with E-state index < -0.39 is 0 Å². The first-order chi connectivity index (χ1) is 10.5. The van der Waals surface area contributed by atoms with Gasteiger partial charge in [-0.2, -0.15) is 0 Å². The molecule has 22 heavy (non-hydrogen) atoms. The number of carbonyl (C=O) groups is 2. The Kier molecular flexibility index (Phi) is 5.57. The van der Waals surface area contributed by atoms with E-state index in [-0.39, 0.29) is 24.3 Å². The van der Waals surface area contributed by atoms with Crippen molar-refractivity contribution in [3.05, 3.63) is 11.8 Å². The number of amides is 2.